The van der Waals surface area contributed by atoms with Crippen molar-refractivity contribution < 1.29 is 57.8 Å². The Morgan fingerprint density at radius 1 is 0.811 bits per heavy atom. The van der Waals surface area contributed by atoms with E-state index in [0.29, 0.717) is 34.3 Å². The molecule has 37 heavy (non-hydrogen) atoms. The molecule has 1 radical (unpaired) electrons. The molecule has 0 amide bonds. The van der Waals surface area contributed by atoms with Crippen LogP contribution in [0.2, 0.25) is 0 Å². The van der Waals surface area contributed by atoms with E-state index in [1.165, 1.54) is 18.2 Å². The van der Waals surface area contributed by atoms with Crippen molar-refractivity contribution in [2.45, 2.75) is 41.9 Å². The Bertz CT molecular complexity index is 1260. The molecule has 0 aromatic heterocycles. The molecule has 0 saturated carbocycles. The fourth-order valence-electron chi connectivity index (χ4n) is 2.77. The predicted molar refractivity (Wildman–Crippen MR) is 126 cm³/mol. The van der Waals surface area contributed by atoms with Crippen LogP contribution in [0.15, 0.2) is 68.4 Å². The van der Waals surface area contributed by atoms with Crippen LogP contribution in [0.4, 0.5) is 37.7 Å². The van der Waals surface area contributed by atoms with E-state index in [2.05, 4.69) is 10.6 Å². The molecule has 0 aliphatic carbocycles. The number of rotatable bonds is 3. The van der Waals surface area contributed by atoms with Crippen molar-refractivity contribution >= 4 is 46.5 Å². The average molecular weight is 606 g/mol. The van der Waals surface area contributed by atoms with Gasteiger partial charge in [0.25, 0.3) is 17.3 Å². The van der Waals surface area contributed by atoms with Crippen LogP contribution in [0.25, 0.3) is 10.6 Å². The first-order chi connectivity index (χ1) is 16.6. The average Bonchev–Trinajstić information content (AvgIpc) is 3.34. The van der Waals surface area contributed by atoms with Crippen molar-refractivity contribution in [3.63, 3.8) is 0 Å². The van der Waals surface area contributed by atoms with E-state index in [-0.39, 0.29) is 32.6 Å². The van der Waals surface area contributed by atoms with Crippen molar-refractivity contribution in [2.24, 2.45) is 0 Å². The van der Waals surface area contributed by atoms with Crippen molar-refractivity contribution in [1.29, 1.82) is 0 Å². The maximum absolute atomic E-state index is 12.2. The molecular weight excluding hydrogens is 589 g/mol. The smallest absolute Gasteiger partial charge is 0.651 e. The number of nitrogens with zero attached hydrogens (tertiary/aromatic N) is 2. The van der Waals surface area contributed by atoms with Crippen molar-refractivity contribution in [3.8, 4) is 5.75 Å². The second kappa shape index (κ2) is 11.9. The Labute approximate surface area is 226 Å². The van der Waals surface area contributed by atoms with E-state index >= 15 is 0 Å². The number of carbonyl (C=O) groups excluding carboxylic acids is 2. The van der Waals surface area contributed by atoms with Crippen LogP contribution in [-0.4, -0.2) is 29.0 Å². The summed E-state index contributed by atoms with van der Waals surface area (Å²) in [5, 5.41) is 15.3. The summed E-state index contributed by atoms with van der Waals surface area (Å²) in [7, 11) is 0. The van der Waals surface area contributed by atoms with Crippen molar-refractivity contribution in [3.05, 3.63) is 74.8 Å². The third kappa shape index (κ3) is 8.22. The number of allylic oxidation sites excluding steroid dienone is 2. The molecule has 14 heteroatoms. The van der Waals surface area contributed by atoms with Crippen LogP contribution in [0, 0.1) is 0 Å². The van der Waals surface area contributed by atoms with Gasteiger partial charge < -0.3 is 15.7 Å². The quantitative estimate of drug-likeness (QED) is 0.201. The maximum Gasteiger partial charge on any atom is 2.00 e. The van der Waals surface area contributed by atoms with E-state index in [0.717, 1.165) is 34.0 Å². The molecule has 2 aliphatic heterocycles. The Balaban J connectivity index is 0.000000255. The molecule has 2 aliphatic rings. The van der Waals surface area contributed by atoms with Crippen LogP contribution in [-0.2, 0) is 26.4 Å². The number of thioether (sulfide) groups is 2. The first-order valence-electron chi connectivity index (χ1n) is 10.1. The largest absolute Gasteiger partial charge is 2.00 e. The van der Waals surface area contributed by atoms with Crippen LogP contribution < -0.4 is 0 Å². The second-order valence-corrected chi connectivity index (χ2v) is 9.81. The molecule has 0 saturated heterocycles. The maximum atomic E-state index is 12.2. The van der Waals surface area contributed by atoms with Crippen molar-refractivity contribution in [1.82, 2.24) is 0 Å². The van der Waals surface area contributed by atoms with Gasteiger partial charge >= 0.3 is 29.1 Å². The monoisotopic (exact) mass is 606 g/mol. The van der Waals surface area contributed by atoms with Crippen LogP contribution >= 0.6 is 23.5 Å². The molecule has 2 heterocycles. The number of ketones is 2. The molecule has 4 rings (SSSR count). The zero-order valence-corrected chi connectivity index (χ0v) is 21.5. The number of hydrogen-bond donors (Lipinski definition) is 0. The normalized spacial score (nSPS) is 16.2. The van der Waals surface area contributed by atoms with Crippen molar-refractivity contribution in [2.75, 3.05) is 0 Å². The molecule has 0 unspecified atom stereocenters. The van der Waals surface area contributed by atoms with Gasteiger partial charge in [-0.05, 0) is 34.6 Å². The van der Waals surface area contributed by atoms with Gasteiger partial charge in [-0.25, -0.2) is 0 Å². The summed E-state index contributed by atoms with van der Waals surface area (Å²) in [6, 6.07) is 10.1. The first-order valence-corrected chi connectivity index (χ1v) is 11.7. The van der Waals surface area contributed by atoms with Gasteiger partial charge in [-0.15, -0.1) is 34.9 Å². The van der Waals surface area contributed by atoms with Gasteiger partial charge in [0, 0.05) is 17.0 Å². The van der Waals surface area contributed by atoms with Gasteiger partial charge in [-0.3, -0.25) is 9.59 Å². The molecular formula is C23H17CoF6N2O3S2+. The van der Waals surface area contributed by atoms with Gasteiger partial charge in [-0.1, -0.05) is 42.1 Å². The topological polar surface area (TPSA) is 85.2 Å². The minimum atomic E-state index is -4.88. The van der Waals surface area contributed by atoms with Gasteiger partial charge in [0.2, 0.25) is 0 Å². The number of alkyl halides is 6. The van der Waals surface area contributed by atoms with Crippen LogP contribution in [0.5, 0.6) is 5.75 Å². The second-order valence-electron chi connectivity index (χ2n) is 7.68. The Kier molecular flexibility index (Phi) is 9.85. The number of hydrogen-bond acceptors (Lipinski definition) is 4. The SMILES string of the molecule is CC(C)c1ccc2c(c1)S/C(=C/C(=O)C(F)(F)F)[N-]2.O=C(/C=C1\[N-]c2ccc([OH2+])cc2S1)C(F)(F)F.[Co+2]. The molecule has 2 N–H and O–H groups in total. The summed E-state index contributed by atoms with van der Waals surface area (Å²) in [6.07, 6.45) is -8.71. The summed E-state index contributed by atoms with van der Waals surface area (Å²) in [5.41, 5.74) is 2.17. The summed E-state index contributed by atoms with van der Waals surface area (Å²) in [5.74, 6) is -3.23. The Morgan fingerprint density at radius 2 is 1.24 bits per heavy atom. The fraction of sp³-hybridized carbons (Fsp3) is 0.217. The molecule has 0 spiro atoms. The van der Waals surface area contributed by atoms with Crippen LogP contribution in [0.3, 0.4) is 0 Å². The molecule has 199 valence electrons. The first kappa shape index (κ1) is 30.7. The molecule has 5 nitrogen and oxygen atoms in total. The van der Waals surface area contributed by atoms with Gasteiger partial charge in [0.05, 0.1) is 0 Å². The number of halogens is 6. The molecule has 2 aromatic rings. The predicted octanol–water partition coefficient (Wildman–Crippen LogP) is 8.10. The number of benzene rings is 2. The molecule has 0 fully saturated rings. The van der Waals surface area contributed by atoms with Gasteiger partial charge in [0.1, 0.15) is 0 Å². The third-order valence-corrected chi connectivity index (χ3v) is 6.50. The zero-order valence-electron chi connectivity index (χ0n) is 18.8. The summed E-state index contributed by atoms with van der Waals surface area (Å²) in [6.45, 7) is 4.06. The van der Waals surface area contributed by atoms with E-state index in [1.54, 1.807) is 6.07 Å². The summed E-state index contributed by atoms with van der Waals surface area (Å²) in [4.78, 5) is 23.0. The molecule has 0 bridgehead atoms. The summed E-state index contributed by atoms with van der Waals surface area (Å²) < 4.78 is 72.5. The van der Waals surface area contributed by atoms with Gasteiger partial charge in [0.15, 0.2) is 0 Å². The van der Waals surface area contributed by atoms with Crippen LogP contribution in [0.1, 0.15) is 25.3 Å². The standard InChI is InChI=1S/C13H12F3NOS.C10H6F3NO2S.Co/c1-7(2)8-3-4-9-10(5-8)19-12(17-9)6-11(18)13(14,15)16;11-10(12,13)8(16)4-9-14-6-2-1-5(15)3-7(6)17-9;/h3-7H,1-2H3,(H,17,18);1-4H,(H2,14,15,16);/q;;+2/p-1. The Morgan fingerprint density at radius 3 is 1.68 bits per heavy atom. The number of carbonyl (C=O) groups is 2. The Hall–Kier alpha value is -2.55. The number of fused-ring (bicyclic) bond motifs is 2. The van der Waals surface area contributed by atoms with Gasteiger partial charge in [-0.2, -0.15) is 26.3 Å². The molecule has 2 aromatic carbocycles. The fourth-order valence-corrected chi connectivity index (χ4v) is 4.66. The third-order valence-electron chi connectivity index (χ3n) is 4.57. The zero-order chi connectivity index (χ0) is 26.8. The summed E-state index contributed by atoms with van der Waals surface area (Å²) >= 11 is 2.03. The molecule has 0 atom stereocenters. The van der Waals surface area contributed by atoms with E-state index in [9.17, 15) is 35.9 Å². The minimum absolute atomic E-state index is 0. The van der Waals surface area contributed by atoms with E-state index in [1.807, 2.05) is 26.0 Å². The minimum Gasteiger partial charge on any atom is -0.651 e. The van der Waals surface area contributed by atoms with E-state index in [4.69, 9.17) is 5.11 Å². The van der Waals surface area contributed by atoms with E-state index < -0.39 is 23.9 Å².